The molecule has 0 fully saturated rings. The molecule has 0 aromatic heterocycles. The van der Waals surface area contributed by atoms with Crippen LogP contribution in [0.4, 0.5) is 0 Å². The molecule has 1 unspecified atom stereocenters. The number of hydrogen-bond acceptors (Lipinski definition) is 3. The largest absolute Gasteiger partial charge is 0.389 e. The van der Waals surface area contributed by atoms with E-state index in [0.717, 1.165) is 11.1 Å². The highest BCUT2D eigenvalue weighted by Gasteiger charge is 2.22. The molecule has 5 heteroatoms. The molecular weight excluding hydrogens is 250 g/mol. The summed E-state index contributed by atoms with van der Waals surface area (Å²) in [7, 11) is -3.56. The molecule has 0 aliphatic carbocycles. The maximum Gasteiger partial charge on any atom is 0.240 e. The van der Waals surface area contributed by atoms with Crippen LogP contribution >= 0.6 is 0 Å². The van der Waals surface area contributed by atoms with Gasteiger partial charge in [0, 0.05) is 6.54 Å². The Balaban J connectivity index is 2.93. The molecule has 0 aliphatic heterocycles. The van der Waals surface area contributed by atoms with E-state index < -0.39 is 15.6 Å². The van der Waals surface area contributed by atoms with Crippen molar-refractivity contribution in [3.63, 3.8) is 0 Å². The summed E-state index contributed by atoms with van der Waals surface area (Å²) in [5.41, 5.74) is 0.779. The number of aliphatic hydroxyl groups is 1. The fourth-order valence-electron chi connectivity index (χ4n) is 1.55. The van der Waals surface area contributed by atoms with Crippen molar-refractivity contribution in [2.45, 2.75) is 44.6 Å². The highest BCUT2D eigenvalue weighted by molar-refractivity contribution is 7.89. The maximum atomic E-state index is 12.1. The van der Waals surface area contributed by atoms with Crippen molar-refractivity contribution in [3.05, 3.63) is 29.3 Å². The summed E-state index contributed by atoms with van der Waals surface area (Å²) in [6, 6.07) is 5.16. The summed E-state index contributed by atoms with van der Waals surface area (Å²) in [4.78, 5) is 0.243. The molecule has 0 radical (unpaired) electrons. The summed E-state index contributed by atoms with van der Waals surface area (Å²) in [6.07, 6.45) is 0.488. The Morgan fingerprint density at radius 3 is 2.17 bits per heavy atom. The second-order valence-corrected chi connectivity index (χ2v) is 6.77. The summed E-state index contributed by atoms with van der Waals surface area (Å²) in [6.45, 7) is 7.14. The van der Waals surface area contributed by atoms with E-state index in [1.54, 1.807) is 19.1 Å². The molecule has 1 atom stereocenters. The molecule has 18 heavy (non-hydrogen) atoms. The molecular formula is C13H21NO3S. The molecule has 4 nitrogen and oxygen atoms in total. The van der Waals surface area contributed by atoms with Gasteiger partial charge in [0.1, 0.15) is 0 Å². The van der Waals surface area contributed by atoms with Crippen molar-refractivity contribution in [2.24, 2.45) is 0 Å². The Bertz CT molecular complexity index is 501. The Kier molecular flexibility index (Phi) is 4.53. The second kappa shape index (κ2) is 5.38. The lowest BCUT2D eigenvalue weighted by atomic mass is 10.1. The summed E-state index contributed by atoms with van der Waals surface area (Å²) < 4.78 is 26.6. The fourth-order valence-corrected chi connectivity index (χ4v) is 2.90. The molecule has 1 aromatic carbocycles. The van der Waals surface area contributed by atoms with Crippen molar-refractivity contribution < 1.29 is 13.5 Å². The Labute approximate surface area is 109 Å². The van der Waals surface area contributed by atoms with Crippen LogP contribution in [0.15, 0.2) is 23.1 Å². The summed E-state index contributed by atoms with van der Waals surface area (Å²) in [5, 5.41) is 9.82. The predicted molar refractivity (Wildman–Crippen MR) is 72.0 cm³/mol. The molecule has 0 saturated heterocycles. The van der Waals surface area contributed by atoms with Gasteiger partial charge in [0.15, 0.2) is 0 Å². The molecule has 1 rings (SSSR count). The van der Waals surface area contributed by atoms with Gasteiger partial charge >= 0.3 is 0 Å². The average Bonchev–Trinajstić information content (AvgIpc) is 2.25. The van der Waals surface area contributed by atoms with E-state index in [2.05, 4.69) is 4.72 Å². The fraction of sp³-hybridized carbons (Fsp3) is 0.538. The zero-order chi connectivity index (χ0) is 14.0. The van der Waals surface area contributed by atoms with Gasteiger partial charge in [-0.05, 0) is 50.5 Å². The van der Waals surface area contributed by atoms with Crippen LogP contribution in [0.2, 0.25) is 0 Å². The van der Waals surface area contributed by atoms with E-state index in [-0.39, 0.29) is 11.4 Å². The normalized spacial score (nSPS) is 15.4. The van der Waals surface area contributed by atoms with Crippen molar-refractivity contribution in [3.8, 4) is 0 Å². The van der Waals surface area contributed by atoms with E-state index in [4.69, 9.17) is 0 Å². The standard InChI is InChI=1S/C13H21NO3S/c1-5-13(4,15)9-14-18(16,17)12-7-10(2)6-11(3)8-12/h6-8,14-15H,5,9H2,1-4H3. The minimum Gasteiger partial charge on any atom is -0.389 e. The van der Waals surface area contributed by atoms with Gasteiger partial charge in [-0.25, -0.2) is 13.1 Å². The van der Waals surface area contributed by atoms with Gasteiger partial charge in [0.25, 0.3) is 0 Å². The van der Waals surface area contributed by atoms with Gasteiger partial charge in [0.05, 0.1) is 10.5 Å². The second-order valence-electron chi connectivity index (χ2n) is 5.00. The van der Waals surface area contributed by atoms with Gasteiger partial charge in [0.2, 0.25) is 10.0 Å². The van der Waals surface area contributed by atoms with E-state index in [9.17, 15) is 13.5 Å². The summed E-state index contributed by atoms with van der Waals surface area (Å²) in [5.74, 6) is 0. The average molecular weight is 271 g/mol. The van der Waals surface area contributed by atoms with Crippen LogP contribution in [0.5, 0.6) is 0 Å². The first-order valence-corrected chi connectivity index (χ1v) is 7.45. The first-order chi connectivity index (χ1) is 8.16. The van der Waals surface area contributed by atoms with E-state index in [1.807, 2.05) is 26.8 Å². The van der Waals surface area contributed by atoms with Gasteiger partial charge in [-0.1, -0.05) is 13.0 Å². The highest BCUT2D eigenvalue weighted by atomic mass is 32.2. The predicted octanol–water partition coefficient (Wildman–Crippen LogP) is 1.74. The van der Waals surface area contributed by atoms with Crippen molar-refractivity contribution in [2.75, 3.05) is 6.54 Å². The van der Waals surface area contributed by atoms with Gasteiger partial charge in [-0.3, -0.25) is 0 Å². The molecule has 0 saturated carbocycles. The first-order valence-electron chi connectivity index (χ1n) is 5.97. The molecule has 0 bridgehead atoms. The Morgan fingerprint density at radius 1 is 1.22 bits per heavy atom. The molecule has 1 aromatic rings. The Morgan fingerprint density at radius 2 is 1.72 bits per heavy atom. The monoisotopic (exact) mass is 271 g/mol. The minimum absolute atomic E-state index is 0.0127. The number of aryl methyl sites for hydroxylation is 2. The smallest absolute Gasteiger partial charge is 0.240 e. The van der Waals surface area contributed by atoms with Crippen LogP contribution in [-0.2, 0) is 10.0 Å². The van der Waals surface area contributed by atoms with Crippen LogP contribution < -0.4 is 4.72 Å². The lowest BCUT2D eigenvalue weighted by molar-refractivity contribution is 0.0613. The van der Waals surface area contributed by atoms with Crippen LogP contribution in [0, 0.1) is 13.8 Å². The van der Waals surface area contributed by atoms with Gasteiger partial charge < -0.3 is 5.11 Å². The lowest BCUT2D eigenvalue weighted by Gasteiger charge is -2.21. The third-order valence-corrected chi connectivity index (χ3v) is 4.29. The van der Waals surface area contributed by atoms with Crippen molar-refractivity contribution in [1.29, 1.82) is 0 Å². The SMILES string of the molecule is CCC(C)(O)CNS(=O)(=O)c1cc(C)cc(C)c1. The first kappa shape index (κ1) is 15.1. The van der Waals surface area contributed by atoms with Crippen LogP contribution in [0.3, 0.4) is 0 Å². The number of rotatable bonds is 5. The van der Waals surface area contributed by atoms with Gasteiger partial charge in [-0.15, -0.1) is 0 Å². The number of benzene rings is 1. The molecule has 0 heterocycles. The number of hydrogen-bond donors (Lipinski definition) is 2. The van der Waals surface area contributed by atoms with Gasteiger partial charge in [-0.2, -0.15) is 0 Å². The third kappa shape index (κ3) is 4.08. The van der Waals surface area contributed by atoms with Crippen LogP contribution in [-0.4, -0.2) is 25.7 Å². The third-order valence-electron chi connectivity index (χ3n) is 2.91. The van der Waals surface area contributed by atoms with E-state index in [1.165, 1.54) is 0 Å². The topological polar surface area (TPSA) is 66.4 Å². The lowest BCUT2D eigenvalue weighted by Crippen LogP contribution is -2.40. The Hall–Kier alpha value is -0.910. The quantitative estimate of drug-likeness (QED) is 0.857. The highest BCUT2D eigenvalue weighted by Crippen LogP contribution is 2.15. The van der Waals surface area contributed by atoms with Crippen LogP contribution in [0.1, 0.15) is 31.4 Å². The van der Waals surface area contributed by atoms with Crippen LogP contribution in [0.25, 0.3) is 0 Å². The maximum absolute atomic E-state index is 12.1. The zero-order valence-corrected chi connectivity index (χ0v) is 12.1. The molecule has 0 amide bonds. The minimum atomic E-state index is -3.56. The van der Waals surface area contributed by atoms with Crippen molar-refractivity contribution >= 4 is 10.0 Å². The molecule has 0 aliphatic rings. The van der Waals surface area contributed by atoms with Crippen molar-refractivity contribution in [1.82, 2.24) is 4.72 Å². The summed E-state index contributed by atoms with van der Waals surface area (Å²) >= 11 is 0. The molecule has 0 spiro atoms. The number of nitrogens with one attached hydrogen (secondary N) is 1. The molecule has 102 valence electrons. The number of sulfonamides is 1. The van der Waals surface area contributed by atoms with E-state index >= 15 is 0 Å². The zero-order valence-electron chi connectivity index (χ0n) is 11.3. The van der Waals surface area contributed by atoms with E-state index in [0.29, 0.717) is 6.42 Å². The molecule has 2 N–H and O–H groups in total.